The summed E-state index contributed by atoms with van der Waals surface area (Å²) in [4.78, 5) is 66.2. The molecule has 1 heterocycles. The molecular weight excluding hydrogens is 883 g/mol. The van der Waals surface area contributed by atoms with Crippen LogP contribution < -0.4 is 14.5 Å². The third kappa shape index (κ3) is 18.2. The van der Waals surface area contributed by atoms with Crippen molar-refractivity contribution >= 4 is 62.7 Å². The highest BCUT2D eigenvalue weighted by Gasteiger charge is 2.32. The molecule has 16 nitrogen and oxygen atoms in total. The average molecular weight is 948 g/mol. The normalized spacial score (nSPS) is 18.2. The second kappa shape index (κ2) is 29.2. The van der Waals surface area contributed by atoms with Crippen LogP contribution in [0.15, 0.2) is 72.9 Å². The topological polar surface area (TPSA) is 188 Å². The summed E-state index contributed by atoms with van der Waals surface area (Å²) in [5, 5.41) is 7.67. The summed E-state index contributed by atoms with van der Waals surface area (Å²) in [7, 11) is 0. The number of hydrazone groups is 1. The average Bonchev–Trinajstić information content (AvgIpc) is 3.79. The highest BCUT2D eigenvalue weighted by molar-refractivity contribution is 7.22. The van der Waals surface area contributed by atoms with Crippen molar-refractivity contribution in [2.45, 2.75) is 84.0 Å². The number of thiazole rings is 1. The molecule has 2 saturated carbocycles. The molecule has 5 rings (SSSR count). The number of hydrogen-bond acceptors (Lipinski definition) is 17. The molecule has 364 valence electrons. The maximum Gasteiger partial charge on any atom is 0.330 e. The van der Waals surface area contributed by atoms with Crippen molar-refractivity contribution in [1.29, 1.82) is 0 Å². The number of esters is 5. The number of fused-ring (bicyclic) bond motifs is 1. The van der Waals surface area contributed by atoms with Gasteiger partial charge in [0, 0.05) is 24.3 Å². The first kappa shape index (κ1) is 52.3. The van der Waals surface area contributed by atoms with Crippen molar-refractivity contribution in [3.8, 4) is 11.5 Å². The van der Waals surface area contributed by atoms with Gasteiger partial charge < -0.3 is 37.9 Å². The van der Waals surface area contributed by atoms with E-state index in [0.29, 0.717) is 68.7 Å². The fourth-order valence-electron chi connectivity index (χ4n) is 7.71. The van der Waals surface area contributed by atoms with Crippen LogP contribution in [0, 0.1) is 23.7 Å². The summed E-state index contributed by atoms with van der Waals surface area (Å²) in [6.45, 7) is 11.1. The molecule has 0 atom stereocenters. The highest BCUT2D eigenvalue weighted by atomic mass is 32.1. The Morgan fingerprint density at radius 2 is 1.27 bits per heavy atom. The number of rotatable bonds is 29. The number of carbonyl (C=O) groups excluding carboxylic acids is 5. The number of benzene rings is 2. The SMILES string of the molecule is C=CC(=O)OCCOCCOC(=O)C1CCC(COc2ccc(OC(=O)C3CCC(C(=O)OCCOCCOC(=O)C=C)CC3)cc2/C=N/N(CCCCCC)c2nc3ccccc3s2)CC1. The molecule has 0 radical (unpaired) electrons. The van der Waals surface area contributed by atoms with Crippen LogP contribution in [0.5, 0.6) is 11.5 Å². The number of hydrogen-bond donors (Lipinski definition) is 0. The first-order valence-electron chi connectivity index (χ1n) is 23.4. The van der Waals surface area contributed by atoms with E-state index in [2.05, 4.69) is 20.1 Å². The highest BCUT2D eigenvalue weighted by Crippen LogP contribution is 2.34. The van der Waals surface area contributed by atoms with E-state index in [4.69, 9.17) is 48.0 Å². The summed E-state index contributed by atoms with van der Waals surface area (Å²) in [5.74, 6) is -1.72. The van der Waals surface area contributed by atoms with E-state index in [1.165, 1.54) is 0 Å². The number of anilines is 1. The number of unbranched alkanes of at least 4 members (excludes halogenated alkanes) is 3. The molecule has 0 unspecified atom stereocenters. The van der Waals surface area contributed by atoms with Crippen LogP contribution in [0.25, 0.3) is 10.2 Å². The molecule has 2 aliphatic rings. The van der Waals surface area contributed by atoms with Crippen LogP contribution in [0.4, 0.5) is 5.13 Å². The summed E-state index contributed by atoms with van der Waals surface area (Å²) in [6, 6.07) is 13.3. The minimum Gasteiger partial charge on any atom is -0.493 e. The molecule has 0 spiro atoms. The maximum absolute atomic E-state index is 13.5. The van der Waals surface area contributed by atoms with Crippen LogP contribution in [0.3, 0.4) is 0 Å². The Morgan fingerprint density at radius 1 is 0.701 bits per heavy atom. The van der Waals surface area contributed by atoms with E-state index in [0.717, 1.165) is 66.0 Å². The molecule has 0 aliphatic heterocycles. The smallest absolute Gasteiger partial charge is 0.330 e. The molecule has 2 fully saturated rings. The molecule has 0 N–H and O–H groups in total. The second-order valence-corrected chi connectivity index (χ2v) is 17.4. The van der Waals surface area contributed by atoms with Crippen molar-refractivity contribution < 1.29 is 61.9 Å². The Balaban J connectivity index is 1.17. The van der Waals surface area contributed by atoms with E-state index in [-0.39, 0.29) is 94.4 Å². The van der Waals surface area contributed by atoms with Gasteiger partial charge in [-0.25, -0.2) is 19.6 Å². The van der Waals surface area contributed by atoms with Crippen molar-refractivity contribution in [3.63, 3.8) is 0 Å². The van der Waals surface area contributed by atoms with Gasteiger partial charge in [-0.1, -0.05) is 62.8 Å². The van der Waals surface area contributed by atoms with E-state index in [9.17, 15) is 24.0 Å². The van der Waals surface area contributed by atoms with E-state index < -0.39 is 11.9 Å². The number of nitrogens with zero attached hydrogens (tertiary/aromatic N) is 3. The van der Waals surface area contributed by atoms with Gasteiger partial charge in [0.25, 0.3) is 0 Å². The predicted octanol–water partition coefficient (Wildman–Crippen LogP) is 8.19. The van der Waals surface area contributed by atoms with Crippen molar-refractivity contribution in [2.24, 2.45) is 28.8 Å². The van der Waals surface area contributed by atoms with Gasteiger partial charge in [0.05, 0.1) is 67.2 Å². The zero-order chi connectivity index (χ0) is 47.6. The Kier molecular flexibility index (Phi) is 22.8. The number of carbonyl (C=O) groups is 5. The summed E-state index contributed by atoms with van der Waals surface area (Å²) < 4.78 is 44.8. The van der Waals surface area contributed by atoms with Crippen molar-refractivity contribution in [1.82, 2.24) is 4.98 Å². The first-order chi connectivity index (χ1) is 32.7. The van der Waals surface area contributed by atoms with Gasteiger partial charge in [-0.05, 0) is 94.0 Å². The largest absolute Gasteiger partial charge is 0.493 e. The minimum absolute atomic E-state index is 0.0784. The molecular formula is C50H65N3O13S. The standard InChI is InChI=1S/C50H65N3O13S/c1-4-7-8-11-24-53(50-52-42-12-9-10-13-44(42)67-50)51-34-40-33-41(66-49(58)39-20-18-38(19-21-39)48(57)64-32-28-60-26-30-62-46(55)6-3)22-23-43(40)65-35-36-14-16-37(17-15-36)47(56)63-31-27-59-25-29-61-45(54)5-2/h5-6,9-10,12-13,22-23,33-34,36-39H,2-4,7-8,11,14-21,24-32,35H2,1H3/b51-34+. The molecule has 0 bridgehead atoms. The lowest BCUT2D eigenvalue weighted by Gasteiger charge is -2.27. The molecule has 67 heavy (non-hydrogen) atoms. The van der Waals surface area contributed by atoms with E-state index >= 15 is 0 Å². The zero-order valence-corrected chi connectivity index (χ0v) is 39.4. The van der Waals surface area contributed by atoms with Gasteiger partial charge in [-0.2, -0.15) is 5.10 Å². The van der Waals surface area contributed by atoms with Crippen LogP contribution in [0.1, 0.15) is 89.5 Å². The Hall–Kier alpha value is -5.65. The van der Waals surface area contributed by atoms with Gasteiger partial charge in [0.2, 0.25) is 5.13 Å². The third-order valence-corrected chi connectivity index (χ3v) is 12.6. The Labute approximate surface area is 396 Å². The van der Waals surface area contributed by atoms with Crippen molar-refractivity contribution in [3.05, 3.63) is 73.3 Å². The molecule has 2 aliphatic carbocycles. The van der Waals surface area contributed by atoms with Crippen LogP contribution in [0.2, 0.25) is 0 Å². The van der Waals surface area contributed by atoms with E-state index in [1.54, 1.807) is 35.8 Å². The zero-order valence-electron chi connectivity index (χ0n) is 38.6. The summed E-state index contributed by atoms with van der Waals surface area (Å²) in [5.41, 5.74) is 1.54. The lowest BCUT2D eigenvalue weighted by atomic mass is 9.82. The molecule has 1 aromatic heterocycles. The Morgan fingerprint density at radius 3 is 1.85 bits per heavy atom. The quantitative estimate of drug-likeness (QED) is 0.0123. The van der Waals surface area contributed by atoms with Crippen LogP contribution in [-0.4, -0.2) is 107 Å². The second-order valence-electron chi connectivity index (χ2n) is 16.4. The minimum atomic E-state index is -0.529. The first-order valence-corrected chi connectivity index (χ1v) is 24.2. The van der Waals surface area contributed by atoms with Crippen LogP contribution >= 0.6 is 11.3 Å². The van der Waals surface area contributed by atoms with Crippen LogP contribution in [-0.2, 0) is 52.4 Å². The van der Waals surface area contributed by atoms with Gasteiger partial charge in [-0.3, -0.25) is 14.4 Å². The molecule has 3 aromatic rings. The molecule has 0 amide bonds. The number of ether oxygens (including phenoxy) is 8. The van der Waals surface area contributed by atoms with Gasteiger partial charge >= 0.3 is 29.8 Å². The summed E-state index contributed by atoms with van der Waals surface area (Å²) >= 11 is 1.58. The van der Waals surface area contributed by atoms with Crippen molar-refractivity contribution in [2.75, 3.05) is 71.0 Å². The Bertz CT molecular complexity index is 2060. The van der Waals surface area contributed by atoms with E-state index in [1.807, 2.05) is 29.3 Å². The lowest BCUT2D eigenvalue weighted by molar-refractivity contribution is -0.153. The fraction of sp³-hybridized carbons (Fsp3) is 0.540. The summed E-state index contributed by atoms with van der Waals surface area (Å²) in [6.07, 6.45) is 13.0. The monoisotopic (exact) mass is 947 g/mol. The maximum atomic E-state index is 13.5. The fourth-order valence-corrected chi connectivity index (χ4v) is 8.66. The number of aromatic nitrogens is 1. The van der Waals surface area contributed by atoms with Gasteiger partial charge in [0.15, 0.2) is 0 Å². The lowest BCUT2D eigenvalue weighted by Crippen LogP contribution is -2.30. The molecule has 2 aromatic carbocycles. The molecule has 0 saturated heterocycles. The third-order valence-electron chi connectivity index (χ3n) is 11.5. The van der Waals surface area contributed by atoms with Gasteiger partial charge in [-0.15, -0.1) is 0 Å². The molecule has 17 heteroatoms. The predicted molar refractivity (Wildman–Crippen MR) is 253 cm³/mol. The van der Waals surface area contributed by atoms with Gasteiger partial charge in [0.1, 0.15) is 37.9 Å². The number of para-hydroxylation sites is 1.